The van der Waals surface area contributed by atoms with Crippen molar-refractivity contribution >= 4 is 5.91 Å². The first-order valence-electron chi connectivity index (χ1n) is 9.97. The second-order valence-corrected chi connectivity index (χ2v) is 7.54. The highest BCUT2D eigenvalue weighted by atomic mass is 16.1. The molecule has 0 saturated carbocycles. The quantitative estimate of drug-likeness (QED) is 0.849. The van der Waals surface area contributed by atoms with Crippen molar-refractivity contribution in [2.24, 2.45) is 5.92 Å². The molecule has 1 aromatic carbocycles. The summed E-state index contributed by atoms with van der Waals surface area (Å²) in [5.41, 5.74) is 3.08. The summed E-state index contributed by atoms with van der Waals surface area (Å²) < 4.78 is 0. The molecule has 1 saturated heterocycles. The molecule has 2 heterocycles. The van der Waals surface area contributed by atoms with Crippen LogP contribution in [0.5, 0.6) is 0 Å². The first-order chi connectivity index (χ1) is 13.1. The Kier molecular flexibility index (Phi) is 6.56. The predicted molar refractivity (Wildman–Crippen MR) is 108 cm³/mol. The second-order valence-electron chi connectivity index (χ2n) is 7.54. The van der Waals surface area contributed by atoms with E-state index in [0.717, 1.165) is 31.3 Å². The van der Waals surface area contributed by atoms with Gasteiger partial charge in [0.2, 0.25) is 0 Å². The molecule has 2 aromatic rings. The molecule has 144 valence electrons. The molecule has 1 aromatic heterocycles. The fraction of sp³-hybridized carbons (Fsp3) is 0.500. The van der Waals surface area contributed by atoms with E-state index in [1.165, 1.54) is 24.0 Å². The van der Waals surface area contributed by atoms with Crippen molar-refractivity contribution in [2.75, 3.05) is 19.6 Å². The van der Waals surface area contributed by atoms with Crippen molar-refractivity contribution in [2.45, 2.75) is 46.1 Å². The van der Waals surface area contributed by atoms with Gasteiger partial charge in [-0.25, -0.2) is 9.97 Å². The Morgan fingerprint density at radius 2 is 1.89 bits per heavy atom. The van der Waals surface area contributed by atoms with E-state index in [-0.39, 0.29) is 11.9 Å². The number of hydrogen-bond donors (Lipinski definition) is 1. The maximum atomic E-state index is 12.6. The summed E-state index contributed by atoms with van der Waals surface area (Å²) in [7, 11) is 0. The molecule has 1 atom stereocenters. The van der Waals surface area contributed by atoms with Crippen molar-refractivity contribution in [3.63, 3.8) is 0 Å². The van der Waals surface area contributed by atoms with Crippen LogP contribution in [0.15, 0.2) is 36.7 Å². The molecule has 0 aliphatic carbocycles. The third kappa shape index (κ3) is 4.92. The van der Waals surface area contributed by atoms with Crippen LogP contribution in [-0.4, -0.2) is 40.4 Å². The maximum absolute atomic E-state index is 12.6. The summed E-state index contributed by atoms with van der Waals surface area (Å²) in [5.74, 6) is 1.43. The van der Waals surface area contributed by atoms with Gasteiger partial charge in [-0.1, -0.05) is 38.1 Å². The molecule has 5 heteroatoms. The van der Waals surface area contributed by atoms with E-state index in [1.54, 1.807) is 12.4 Å². The minimum atomic E-state index is -0.110. The average Bonchev–Trinajstić information content (AvgIpc) is 2.70. The van der Waals surface area contributed by atoms with Gasteiger partial charge in [-0.3, -0.25) is 9.69 Å². The Hall–Kier alpha value is -2.27. The maximum Gasteiger partial charge on any atom is 0.254 e. The Labute approximate surface area is 162 Å². The van der Waals surface area contributed by atoms with Crippen LogP contribution in [0, 0.1) is 12.8 Å². The van der Waals surface area contributed by atoms with Crippen LogP contribution in [0.25, 0.3) is 0 Å². The first kappa shape index (κ1) is 19.5. The number of benzene rings is 1. The number of carbonyl (C=O) groups excluding carboxylic acids is 1. The van der Waals surface area contributed by atoms with Gasteiger partial charge in [-0.2, -0.15) is 0 Å². The van der Waals surface area contributed by atoms with Crippen molar-refractivity contribution in [3.05, 3.63) is 59.2 Å². The number of piperidine rings is 1. The number of rotatable bonds is 6. The Balaban J connectivity index is 1.73. The van der Waals surface area contributed by atoms with Gasteiger partial charge in [0.05, 0.1) is 11.6 Å². The molecule has 3 rings (SSSR count). The van der Waals surface area contributed by atoms with Crippen LogP contribution < -0.4 is 5.32 Å². The van der Waals surface area contributed by atoms with Gasteiger partial charge in [0.15, 0.2) is 0 Å². The molecular formula is C22H30N4O. The fourth-order valence-electron chi connectivity index (χ4n) is 3.68. The zero-order valence-electron chi connectivity index (χ0n) is 16.6. The average molecular weight is 367 g/mol. The van der Waals surface area contributed by atoms with Gasteiger partial charge in [0.1, 0.15) is 5.82 Å². The van der Waals surface area contributed by atoms with E-state index in [0.29, 0.717) is 12.1 Å². The van der Waals surface area contributed by atoms with E-state index in [1.807, 2.05) is 6.92 Å². The van der Waals surface area contributed by atoms with Crippen molar-refractivity contribution in [3.8, 4) is 0 Å². The van der Waals surface area contributed by atoms with Crippen molar-refractivity contribution in [1.82, 2.24) is 20.2 Å². The zero-order chi connectivity index (χ0) is 19.2. The van der Waals surface area contributed by atoms with Gasteiger partial charge >= 0.3 is 0 Å². The summed E-state index contributed by atoms with van der Waals surface area (Å²) in [6.45, 7) is 9.21. The molecule has 0 radical (unpaired) electrons. The van der Waals surface area contributed by atoms with Crippen molar-refractivity contribution < 1.29 is 4.79 Å². The summed E-state index contributed by atoms with van der Waals surface area (Å²) in [6, 6.07) is 8.68. The molecule has 27 heavy (non-hydrogen) atoms. The Morgan fingerprint density at radius 3 is 2.52 bits per heavy atom. The lowest BCUT2D eigenvalue weighted by atomic mass is 9.94. The van der Waals surface area contributed by atoms with Crippen LogP contribution in [-0.2, 0) is 6.42 Å². The van der Waals surface area contributed by atoms with E-state index >= 15 is 0 Å². The molecule has 1 N–H and O–H groups in total. The third-order valence-corrected chi connectivity index (χ3v) is 5.55. The largest absolute Gasteiger partial charge is 0.350 e. The van der Waals surface area contributed by atoms with Crippen molar-refractivity contribution in [1.29, 1.82) is 0 Å². The molecule has 1 amide bonds. The number of aromatic nitrogens is 2. The van der Waals surface area contributed by atoms with E-state index < -0.39 is 0 Å². The topological polar surface area (TPSA) is 58.1 Å². The molecule has 1 unspecified atom stereocenters. The summed E-state index contributed by atoms with van der Waals surface area (Å²) >= 11 is 0. The predicted octanol–water partition coefficient (Wildman–Crippen LogP) is 3.55. The molecular weight excluding hydrogens is 336 g/mol. The van der Waals surface area contributed by atoms with Gasteiger partial charge in [-0.05, 0) is 49.9 Å². The lowest BCUT2D eigenvalue weighted by molar-refractivity contribution is 0.0911. The summed E-state index contributed by atoms with van der Waals surface area (Å²) in [5, 5.41) is 3.11. The highest BCUT2D eigenvalue weighted by Crippen LogP contribution is 2.28. The number of nitrogens with one attached hydrogen (secondary N) is 1. The van der Waals surface area contributed by atoms with Gasteiger partial charge in [0.25, 0.3) is 5.91 Å². The molecule has 1 aliphatic heterocycles. The SMILES string of the molecule is CCc1ncc(C(=O)NCC(c2ccccc2C)N2CCC(C)CC2)cn1. The molecule has 1 fully saturated rings. The smallest absolute Gasteiger partial charge is 0.254 e. The van der Waals surface area contributed by atoms with E-state index in [2.05, 4.69) is 58.3 Å². The van der Waals surface area contributed by atoms with Gasteiger partial charge < -0.3 is 5.32 Å². The van der Waals surface area contributed by atoms with Crippen LogP contribution in [0.3, 0.4) is 0 Å². The Morgan fingerprint density at radius 1 is 1.22 bits per heavy atom. The molecule has 1 aliphatic rings. The molecule has 0 spiro atoms. The zero-order valence-corrected chi connectivity index (χ0v) is 16.6. The number of aryl methyl sites for hydroxylation is 2. The molecule has 0 bridgehead atoms. The summed E-state index contributed by atoms with van der Waals surface area (Å²) in [6.07, 6.45) is 6.43. The number of amides is 1. The number of hydrogen-bond acceptors (Lipinski definition) is 4. The van der Waals surface area contributed by atoms with Crippen LogP contribution in [0.4, 0.5) is 0 Å². The van der Waals surface area contributed by atoms with Crippen LogP contribution in [0.1, 0.15) is 60.0 Å². The highest BCUT2D eigenvalue weighted by molar-refractivity contribution is 5.93. The van der Waals surface area contributed by atoms with E-state index in [9.17, 15) is 4.79 Å². The lowest BCUT2D eigenvalue weighted by Crippen LogP contribution is -2.42. The monoisotopic (exact) mass is 366 g/mol. The summed E-state index contributed by atoms with van der Waals surface area (Å²) in [4.78, 5) is 23.6. The number of nitrogens with zero attached hydrogens (tertiary/aromatic N) is 3. The second kappa shape index (κ2) is 9.09. The fourth-order valence-corrected chi connectivity index (χ4v) is 3.68. The number of carbonyl (C=O) groups is 1. The number of likely N-dealkylation sites (tertiary alicyclic amines) is 1. The first-order valence-corrected chi connectivity index (χ1v) is 9.97. The normalized spacial score (nSPS) is 16.9. The lowest BCUT2D eigenvalue weighted by Gasteiger charge is -2.37. The van der Waals surface area contributed by atoms with Crippen LogP contribution in [0.2, 0.25) is 0 Å². The Bertz CT molecular complexity index is 751. The van der Waals surface area contributed by atoms with Gasteiger partial charge in [-0.15, -0.1) is 0 Å². The minimum absolute atomic E-state index is 0.110. The minimum Gasteiger partial charge on any atom is -0.350 e. The van der Waals surface area contributed by atoms with Crippen LogP contribution >= 0.6 is 0 Å². The standard InChI is InChI=1S/C22H30N4O/c1-4-21-23-13-18(14-24-21)22(27)25-15-20(19-8-6-5-7-17(19)3)26-11-9-16(2)10-12-26/h5-8,13-14,16,20H,4,9-12,15H2,1-3H3,(H,25,27). The highest BCUT2D eigenvalue weighted by Gasteiger charge is 2.26. The third-order valence-electron chi connectivity index (χ3n) is 5.55. The molecule has 5 nitrogen and oxygen atoms in total. The van der Waals surface area contributed by atoms with Gasteiger partial charge in [0, 0.05) is 25.4 Å². The van der Waals surface area contributed by atoms with E-state index in [4.69, 9.17) is 0 Å².